The van der Waals surface area contributed by atoms with Gasteiger partial charge in [-0.2, -0.15) is 0 Å². The topological polar surface area (TPSA) is 307 Å². The fraction of sp³-hybridized carbons (Fsp3) is 0.828. The average molecular weight is 1180 g/mol. The van der Waals surface area contributed by atoms with Crippen LogP contribution >= 0.6 is 0 Å². The Bertz CT molecular complexity index is 1750. The summed E-state index contributed by atoms with van der Waals surface area (Å²) in [5.74, 6) is -0.305. The van der Waals surface area contributed by atoms with Crippen LogP contribution in [0.15, 0.2) is 60.8 Å². The second-order valence-corrected chi connectivity index (χ2v) is 22.8. The monoisotopic (exact) mass is 1180 g/mol. The van der Waals surface area contributed by atoms with Crippen LogP contribution in [-0.4, -0.2) is 193 Å². The van der Waals surface area contributed by atoms with E-state index in [0.717, 1.165) is 70.6 Å². The standard InChI is InChI=1S/C64H113NO18/c1-3-5-7-9-11-13-15-17-19-20-21-22-23-24-25-26-28-29-31-33-35-37-39-41-48(69)47(65-52(70)42-40-38-36-34-32-30-27-18-16-14-12-10-8-6-4-2)46-78-62-58(76)55(73)60(50(44-67)80-62)83-64-59(77)56(74)61(51(45-68)81-64)82-63-57(75)54(72)53(71)49(43-66)79-63/h12,14,18,25-27,31,33,39,41,47-51,53-64,66-69,71-77H,3-11,13,15-17,19-24,28-30,32,34-38,40,42-46H2,1-2H3,(H,65,70)/b14-12-,26-25+,27-18-,33-31+,41-39+. The molecule has 0 aliphatic carbocycles. The molecule has 3 rings (SSSR count). The maximum atomic E-state index is 13.3. The van der Waals surface area contributed by atoms with E-state index in [9.17, 15) is 61.0 Å². The van der Waals surface area contributed by atoms with E-state index in [-0.39, 0.29) is 18.9 Å². The first kappa shape index (κ1) is 74.7. The van der Waals surface area contributed by atoms with Crippen LogP contribution in [0.3, 0.4) is 0 Å². The molecule has 0 saturated carbocycles. The molecule has 3 fully saturated rings. The van der Waals surface area contributed by atoms with Gasteiger partial charge in [-0.3, -0.25) is 4.79 Å². The van der Waals surface area contributed by atoms with Gasteiger partial charge in [-0.1, -0.05) is 184 Å². The van der Waals surface area contributed by atoms with Gasteiger partial charge in [0.05, 0.1) is 38.6 Å². The highest BCUT2D eigenvalue weighted by Crippen LogP contribution is 2.33. The van der Waals surface area contributed by atoms with Crippen molar-refractivity contribution in [3.8, 4) is 0 Å². The lowest BCUT2D eigenvalue weighted by Crippen LogP contribution is -2.66. The summed E-state index contributed by atoms with van der Waals surface area (Å²) in [4.78, 5) is 13.3. The van der Waals surface area contributed by atoms with E-state index in [1.54, 1.807) is 6.08 Å². The van der Waals surface area contributed by atoms with Crippen LogP contribution in [0.4, 0.5) is 0 Å². The number of unbranched alkanes of at least 4 members (excludes halogenated alkanes) is 23. The molecule has 482 valence electrons. The lowest BCUT2D eigenvalue weighted by Gasteiger charge is -2.48. The van der Waals surface area contributed by atoms with Crippen molar-refractivity contribution >= 4 is 5.91 Å². The summed E-state index contributed by atoms with van der Waals surface area (Å²) in [6.07, 6.45) is 27.7. The third kappa shape index (κ3) is 29.8. The summed E-state index contributed by atoms with van der Waals surface area (Å²) >= 11 is 0. The summed E-state index contributed by atoms with van der Waals surface area (Å²) in [6, 6.07) is -1.01. The van der Waals surface area contributed by atoms with E-state index >= 15 is 0 Å². The number of amides is 1. The van der Waals surface area contributed by atoms with Gasteiger partial charge in [-0.15, -0.1) is 0 Å². The molecule has 83 heavy (non-hydrogen) atoms. The van der Waals surface area contributed by atoms with Crippen molar-refractivity contribution in [1.29, 1.82) is 0 Å². The van der Waals surface area contributed by atoms with Crippen LogP contribution in [0.2, 0.25) is 0 Å². The van der Waals surface area contributed by atoms with Gasteiger partial charge >= 0.3 is 0 Å². The highest BCUT2D eigenvalue weighted by molar-refractivity contribution is 5.76. The lowest BCUT2D eigenvalue weighted by molar-refractivity contribution is -0.379. The van der Waals surface area contributed by atoms with E-state index in [1.165, 1.54) is 103 Å². The predicted molar refractivity (Wildman–Crippen MR) is 318 cm³/mol. The number of carbonyl (C=O) groups is 1. The summed E-state index contributed by atoms with van der Waals surface area (Å²) in [5, 5.41) is 120. The number of hydrogen-bond donors (Lipinski definition) is 12. The first-order chi connectivity index (χ1) is 40.3. The summed E-state index contributed by atoms with van der Waals surface area (Å²) in [5.41, 5.74) is 0. The fourth-order valence-corrected chi connectivity index (χ4v) is 10.5. The minimum atomic E-state index is -1.99. The molecule has 3 heterocycles. The molecular formula is C64H113NO18. The van der Waals surface area contributed by atoms with Crippen molar-refractivity contribution in [3.05, 3.63) is 60.8 Å². The van der Waals surface area contributed by atoms with Gasteiger partial charge in [0.2, 0.25) is 5.91 Å². The van der Waals surface area contributed by atoms with Gasteiger partial charge < -0.3 is 89.9 Å². The van der Waals surface area contributed by atoms with E-state index < -0.39 is 124 Å². The maximum absolute atomic E-state index is 13.3. The maximum Gasteiger partial charge on any atom is 0.220 e. The highest BCUT2D eigenvalue weighted by atomic mass is 16.8. The summed E-state index contributed by atoms with van der Waals surface area (Å²) < 4.78 is 34.2. The van der Waals surface area contributed by atoms with Gasteiger partial charge in [0.1, 0.15) is 73.2 Å². The predicted octanol–water partition coefficient (Wildman–Crippen LogP) is 6.82. The Labute approximate surface area is 496 Å². The Morgan fingerprint density at radius 3 is 1.30 bits per heavy atom. The zero-order valence-electron chi connectivity index (χ0n) is 50.4. The van der Waals surface area contributed by atoms with Crippen LogP contribution in [-0.2, 0) is 33.2 Å². The molecule has 0 aromatic heterocycles. The number of nitrogens with one attached hydrogen (secondary N) is 1. The minimum Gasteiger partial charge on any atom is -0.394 e. The number of carbonyl (C=O) groups excluding carboxylic acids is 1. The molecule has 3 aliphatic heterocycles. The normalized spacial score (nSPS) is 29.8. The van der Waals surface area contributed by atoms with E-state index in [1.807, 2.05) is 6.08 Å². The van der Waals surface area contributed by atoms with Gasteiger partial charge in [0.25, 0.3) is 0 Å². The van der Waals surface area contributed by atoms with Gasteiger partial charge in [-0.25, -0.2) is 0 Å². The van der Waals surface area contributed by atoms with Crippen molar-refractivity contribution in [2.24, 2.45) is 0 Å². The number of hydrogen-bond acceptors (Lipinski definition) is 18. The average Bonchev–Trinajstić information content (AvgIpc) is 3.15. The number of rotatable bonds is 47. The van der Waals surface area contributed by atoms with Crippen LogP contribution < -0.4 is 5.32 Å². The fourth-order valence-electron chi connectivity index (χ4n) is 10.5. The van der Waals surface area contributed by atoms with Crippen LogP contribution in [0.1, 0.15) is 206 Å². The number of ether oxygens (including phenoxy) is 6. The molecule has 1 amide bonds. The molecule has 0 spiro atoms. The van der Waals surface area contributed by atoms with Gasteiger partial charge in [0, 0.05) is 6.42 Å². The second kappa shape index (κ2) is 46.6. The quantitative estimate of drug-likeness (QED) is 0.0220. The Hall–Kier alpha value is -2.51. The minimum absolute atomic E-state index is 0.214. The van der Waals surface area contributed by atoms with Crippen LogP contribution in [0.25, 0.3) is 0 Å². The van der Waals surface area contributed by atoms with Crippen molar-refractivity contribution in [1.82, 2.24) is 5.32 Å². The second-order valence-electron chi connectivity index (χ2n) is 22.8. The first-order valence-electron chi connectivity index (χ1n) is 32.0. The molecule has 0 aromatic rings. The zero-order valence-corrected chi connectivity index (χ0v) is 50.4. The van der Waals surface area contributed by atoms with Crippen LogP contribution in [0, 0.1) is 0 Å². The van der Waals surface area contributed by atoms with E-state index in [4.69, 9.17) is 28.4 Å². The molecule has 3 saturated heterocycles. The van der Waals surface area contributed by atoms with Gasteiger partial charge in [0.15, 0.2) is 18.9 Å². The molecular weight excluding hydrogens is 1070 g/mol. The number of aliphatic hydroxyl groups is 11. The molecule has 17 atom stereocenters. The third-order valence-electron chi connectivity index (χ3n) is 15.8. The number of allylic oxidation sites excluding steroid dienone is 9. The molecule has 3 aliphatic rings. The van der Waals surface area contributed by atoms with E-state index in [2.05, 4.69) is 67.8 Å². The Morgan fingerprint density at radius 1 is 0.434 bits per heavy atom. The molecule has 0 aromatic carbocycles. The summed E-state index contributed by atoms with van der Waals surface area (Å²) in [7, 11) is 0. The molecule has 12 N–H and O–H groups in total. The molecule has 0 radical (unpaired) electrons. The van der Waals surface area contributed by atoms with Crippen molar-refractivity contribution in [2.75, 3.05) is 26.4 Å². The largest absolute Gasteiger partial charge is 0.394 e. The highest BCUT2D eigenvalue weighted by Gasteiger charge is 2.53. The van der Waals surface area contributed by atoms with Crippen LogP contribution in [0.5, 0.6) is 0 Å². The molecule has 19 heteroatoms. The lowest BCUT2D eigenvalue weighted by atomic mass is 9.96. The Morgan fingerprint density at radius 2 is 0.807 bits per heavy atom. The van der Waals surface area contributed by atoms with Crippen molar-refractivity contribution in [3.63, 3.8) is 0 Å². The summed E-state index contributed by atoms with van der Waals surface area (Å²) in [6.45, 7) is 1.65. The first-order valence-corrected chi connectivity index (χ1v) is 32.0. The van der Waals surface area contributed by atoms with Gasteiger partial charge in [-0.05, 0) is 77.0 Å². The Kier molecular flexibility index (Phi) is 42.0. The molecule has 0 bridgehead atoms. The third-order valence-corrected chi connectivity index (χ3v) is 15.8. The smallest absolute Gasteiger partial charge is 0.220 e. The SMILES string of the molecule is CCCCC/C=C\C/C=C\CCCCCCCC(=O)NC(COC1OC(CO)C(OC2OC(CO)C(OC3OC(CO)C(O)C(O)C3O)C(O)C2O)C(O)C1O)C(O)/C=C/CC/C=C/CC/C=C/CCCCCCCCCCCCCCC. The Balaban J connectivity index is 1.50. The number of aliphatic hydroxyl groups excluding tert-OH is 11. The van der Waals surface area contributed by atoms with Crippen molar-refractivity contribution in [2.45, 2.75) is 311 Å². The molecule has 17 unspecified atom stereocenters. The van der Waals surface area contributed by atoms with E-state index in [0.29, 0.717) is 12.8 Å². The molecule has 19 nitrogen and oxygen atoms in total. The zero-order chi connectivity index (χ0) is 60.5. The van der Waals surface area contributed by atoms with Crippen molar-refractivity contribution < 1.29 is 89.4 Å².